The van der Waals surface area contributed by atoms with Gasteiger partial charge in [-0.2, -0.15) is 0 Å². The lowest BCUT2D eigenvalue weighted by atomic mass is 9.86. The Kier molecular flexibility index (Phi) is 5.86. The quantitative estimate of drug-likeness (QED) is 0.826. The number of rotatable bonds is 6. The molecule has 1 rings (SSSR count). The molecule has 1 heterocycles. The van der Waals surface area contributed by atoms with Crippen molar-refractivity contribution < 1.29 is 13.2 Å². The van der Waals surface area contributed by atoms with Crippen molar-refractivity contribution in [2.45, 2.75) is 33.2 Å². The van der Waals surface area contributed by atoms with Gasteiger partial charge in [0.25, 0.3) is 0 Å². The number of hydrogen-bond acceptors (Lipinski definition) is 4. The van der Waals surface area contributed by atoms with E-state index in [9.17, 15) is 13.2 Å². The molecule has 0 spiro atoms. The van der Waals surface area contributed by atoms with Crippen LogP contribution in [-0.4, -0.2) is 32.1 Å². The lowest BCUT2D eigenvalue weighted by Gasteiger charge is -2.27. The van der Waals surface area contributed by atoms with Crippen LogP contribution in [-0.2, 0) is 14.8 Å². The summed E-state index contributed by atoms with van der Waals surface area (Å²) in [6, 6.07) is 3.51. The molecule has 1 aromatic heterocycles. The Morgan fingerprint density at radius 1 is 1.38 bits per heavy atom. The zero-order valence-electron chi connectivity index (χ0n) is 12.9. The number of sulfonamides is 1. The number of nitrogens with zero attached hydrogens (tertiary/aromatic N) is 1. The van der Waals surface area contributed by atoms with Gasteiger partial charge >= 0.3 is 0 Å². The molecule has 2 N–H and O–H groups in total. The topological polar surface area (TPSA) is 88.2 Å². The molecule has 0 aliphatic heterocycles. The minimum absolute atomic E-state index is 0.0120. The fourth-order valence-corrected chi connectivity index (χ4v) is 2.28. The lowest BCUT2D eigenvalue weighted by molar-refractivity contribution is -0.120. The van der Waals surface area contributed by atoms with Gasteiger partial charge in [0.15, 0.2) is 0 Å². The summed E-state index contributed by atoms with van der Waals surface area (Å²) in [7, 11) is -3.38. The number of carbonyl (C=O) groups excluding carboxylic acids is 1. The minimum Gasteiger partial charge on any atom is -0.348 e. The third-order valence-electron chi connectivity index (χ3n) is 2.73. The number of hydrogen-bond donors (Lipinski definition) is 2. The summed E-state index contributed by atoms with van der Waals surface area (Å²) in [4.78, 5) is 16.0. The standard InChI is InChI=1S/C14H23N3O3S/c1-14(2,3)8-12(11-6-5-7-15-9-11)17-13(18)10-16-21(4,19)20/h5-7,9,12,16H,8,10H2,1-4H3,(H,17,18)/t12-/m0/s1. The number of amides is 1. The van der Waals surface area contributed by atoms with Crippen LogP contribution in [0.3, 0.4) is 0 Å². The van der Waals surface area contributed by atoms with Gasteiger partial charge in [-0.3, -0.25) is 9.78 Å². The summed E-state index contributed by atoms with van der Waals surface area (Å²) in [6.07, 6.45) is 5.13. The number of nitrogens with one attached hydrogen (secondary N) is 2. The molecule has 0 bridgehead atoms. The lowest BCUT2D eigenvalue weighted by Crippen LogP contribution is -2.39. The van der Waals surface area contributed by atoms with Crippen molar-refractivity contribution in [1.82, 2.24) is 15.0 Å². The van der Waals surface area contributed by atoms with Crippen molar-refractivity contribution in [1.29, 1.82) is 0 Å². The highest BCUT2D eigenvalue weighted by Crippen LogP contribution is 2.28. The summed E-state index contributed by atoms with van der Waals surface area (Å²) >= 11 is 0. The first-order valence-electron chi connectivity index (χ1n) is 6.71. The van der Waals surface area contributed by atoms with Crippen LogP contribution in [0.25, 0.3) is 0 Å². The van der Waals surface area contributed by atoms with Gasteiger partial charge < -0.3 is 5.32 Å². The first-order chi connectivity index (χ1) is 9.57. The molecule has 1 aromatic rings. The highest BCUT2D eigenvalue weighted by Gasteiger charge is 2.22. The van der Waals surface area contributed by atoms with Crippen molar-refractivity contribution in [3.05, 3.63) is 30.1 Å². The van der Waals surface area contributed by atoms with Gasteiger partial charge in [-0.1, -0.05) is 26.8 Å². The first-order valence-corrected chi connectivity index (χ1v) is 8.60. The molecule has 0 aliphatic carbocycles. The Morgan fingerprint density at radius 3 is 2.52 bits per heavy atom. The molecule has 0 aliphatic rings. The van der Waals surface area contributed by atoms with Crippen LogP contribution in [0.2, 0.25) is 0 Å². The monoisotopic (exact) mass is 313 g/mol. The third-order valence-corrected chi connectivity index (χ3v) is 3.40. The Labute approximate surface area is 126 Å². The molecule has 0 unspecified atom stereocenters. The summed E-state index contributed by atoms with van der Waals surface area (Å²) in [6.45, 7) is 5.98. The van der Waals surface area contributed by atoms with Crippen LogP contribution in [0, 0.1) is 5.41 Å². The van der Waals surface area contributed by atoms with Gasteiger partial charge in [0.1, 0.15) is 0 Å². The molecular weight excluding hydrogens is 290 g/mol. The SMILES string of the molecule is CC(C)(C)C[C@H](NC(=O)CNS(C)(=O)=O)c1cccnc1. The highest BCUT2D eigenvalue weighted by molar-refractivity contribution is 7.88. The Bertz CT molecular complexity index is 565. The predicted octanol–water partition coefficient (Wildman–Crippen LogP) is 1.22. The van der Waals surface area contributed by atoms with Crippen molar-refractivity contribution in [3.63, 3.8) is 0 Å². The van der Waals surface area contributed by atoms with Crippen LogP contribution >= 0.6 is 0 Å². The summed E-state index contributed by atoms with van der Waals surface area (Å²) in [5.41, 5.74) is 0.915. The zero-order valence-corrected chi connectivity index (χ0v) is 13.7. The summed E-state index contributed by atoms with van der Waals surface area (Å²) in [5, 5.41) is 2.86. The molecular formula is C14H23N3O3S. The number of pyridine rings is 1. The number of aromatic nitrogens is 1. The molecule has 0 saturated heterocycles. The average molecular weight is 313 g/mol. The van der Waals surface area contributed by atoms with E-state index >= 15 is 0 Å². The van der Waals surface area contributed by atoms with Gasteiger partial charge in [-0.05, 0) is 23.5 Å². The molecule has 1 amide bonds. The minimum atomic E-state index is -3.38. The van der Waals surface area contributed by atoms with E-state index in [4.69, 9.17) is 0 Å². The van der Waals surface area contributed by atoms with Crippen molar-refractivity contribution in [3.8, 4) is 0 Å². The Balaban J connectivity index is 2.76. The van der Waals surface area contributed by atoms with Gasteiger partial charge in [0, 0.05) is 12.4 Å². The maximum atomic E-state index is 11.9. The Morgan fingerprint density at radius 2 is 2.05 bits per heavy atom. The maximum Gasteiger partial charge on any atom is 0.235 e. The molecule has 118 valence electrons. The average Bonchev–Trinajstić information content (AvgIpc) is 2.34. The van der Waals surface area contributed by atoms with Crippen LogP contribution in [0.15, 0.2) is 24.5 Å². The normalized spacial score (nSPS) is 13.7. The van der Waals surface area contributed by atoms with Crippen molar-refractivity contribution in [2.24, 2.45) is 5.41 Å². The zero-order chi connectivity index (χ0) is 16.1. The summed E-state index contributed by atoms with van der Waals surface area (Å²) in [5.74, 6) is -0.362. The molecule has 0 fully saturated rings. The van der Waals surface area contributed by atoms with E-state index in [1.165, 1.54) is 0 Å². The fourth-order valence-electron chi connectivity index (χ4n) is 1.89. The second kappa shape index (κ2) is 7.00. The Hall–Kier alpha value is -1.47. The molecule has 21 heavy (non-hydrogen) atoms. The second-order valence-corrected chi connectivity index (χ2v) is 8.10. The van der Waals surface area contributed by atoms with Crippen LogP contribution < -0.4 is 10.0 Å². The molecule has 0 aromatic carbocycles. The number of carbonyl (C=O) groups is 1. The van der Waals surface area contributed by atoms with Gasteiger partial charge in [-0.15, -0.1) is 0 Å². The van der Waals surface area contributed by atoms with Crippen molar-refractivity contribution >= 4 is 15.9 Å². The molecule has 7 heteroatoms. The van der Waals surface area contributed by atoms with E-state index in [0.29, 0.717) is 0 Å². The second-order valence-electron chi connectivity index (χ2n) is 6.26. The van der Waals surface area contributed by atoms with Gasteiger partial charge in [0.2, 0.25) is 15.9 Å². The molecule has 6 nitrogen and oxygen atoms in total. The third kappa shape index (κ3) is 7.77. The van der Waals surface area contributed by atoms with Crippen molar-refractivity contribution in [2.75, 3.05) is 12.8 Å². The van der Waals surface area contributed by atoms with E-state index in [1.807, 2.05) is 12.1 Å². The van der Waals surface area contributed by atoms with E-state index in [2.05, 4.69) is 35.8 Å². The van der Waals surface area contributed by atoms with E-state index in [0.717, 1.165) is 18.2 Å². The van der Waals surface area contributed by atoms with Gasteiger partial charge in [-0.25, -0.2) is 13.1 Å². The van der Waals surface area contributed by atoms with Crippen LogP contribution in [0.4, 0.5) is 0 Å². The van der Waals surface area contributed by atoms with E-state index in [-0.39, 0.29) is 23.9 Å². The molecule has 0 saturated carbocycles. The van der Waals surface area contributed by atoms with Gasteiger partial charge in [0.05, 0.1) is 18.8 Å². The predicted molar refractivity (Wildman–Crippen MR) is 82.0 cm³/mol. The fraction of sp³-hybridized carbons (Fsp3) is 0.571. The summed E-state index contributed by atoms with van der Waals surface area (Å²) < 4.78 is 24.2. The van der Waals surface area contributed by atoms with Crippen LogP contribution in [0.1, 0.15) is 38.8 Å². The smallest absolute Gasteiger partial charge is 0.235 e. The van der Waals surface area contributed by atoms with E-state index in [1.54, 1.807) is 12.4 Å². The van der Waals surface area contributed by atoms with E-state index < -0.39 is 10.0 Å². The first kappa shape index (κ1) is 17.6. The highest BCUT2D eigenvalue weighted by atomic mass is 32.2. The maximum absolute atomic E-state index is 11.9. The molecule has 0 radical (unpaired) electrons. The largest absolute Gasteiger partial charge is 0.348 e. The van der Waals surface area contributed by atoms with Crippen LogP contribution in [0.5, 0.6) is 0 Å². The molecule has 1 atom stereocenters.